The second-order valence-electron chi connectivity index (χ2n) is 5.38. The molecular weight excluding hydrogens is 297 g/mol. The van der Waals surface area contributed by atoms with Crippen LogP contribution in [0.5, 0.6) is 0 Å². The molecule has 0 saturated carbocycles. The maximum Gasteiger partial charge on any atom is 0.255 e. The summed E-state index contributed by atoms with van der Waals surface area (Å²) in [4.78, 5) is 16.6. The van der Waals surface area contributed by atoms with Gasteiger partial charge in [-0.15, -0.1) is 0 Å². The van der Waals surface area contributed by atoms with Crippen molar-refractivity contribution >= 4 is 17.4 Å². The number of nitrogens with zero attached hydrogens (tertiary/aromatic N) is 1. The Labute approximate surface area is 133 Å². The van der Waals surface area contributed by atoms with Crippen LogP contribution < -0.4 is 10.6 Å². The van der Waals surface area contributed by atoms with E-state index in [1.54, 1.807) is 30.5 Å². The molecule has 1 aliphatic heterocycles. The molecule has 1 aromatic carbocycles. The Balaban J connectivity index is 1.69. The smallest absolute Gasteiger partial charge is 0.255 e. The first-order valence-corrected chi connectivity index (χ1v) is 7.60. The SMILES string of the molecule is O=C(NC[C@H]1CCCO1)c1cccnc1Nc1ccc(F)cc1. The van der Waals surface area contributed by atoms with Gasteiger partial charge >= 0.3 is 0 Å². The first kappa shape index (κ1) is 15.4. The van der Waals surface area contributed by atoms with Crippen molar-refractivity contribution in [3.8, 4) is 0 Å². The van der Waals surface area contributed by atoms with E-state index in [1.807, 2.05) is 0 Å². The van der Waals surface area contributed by atoms with Crippen LogP contribution in [0.4, 0.5) is 15.9 Å². The highest BCUT2D eigenvalue weighted by atomic mass is 19.1. The van der Waals surface area contributed by atoms with Crippen molar-refractivity contribution in [3.05, 3.63) is 54.0 Å². The molecular formula is C17H18FN3O2. The topological polar surface area (TPSA) is 63.2 Å². The van der Waals surface area contributed by atoms with E-state index in [1.165, 1.54) is 12.1 Å². The van der Waals surface area contributed by atoms with Gasteiger partial charge in [0.2, 0.25) is 0 Å². The van der Waals surface area contributed by atoms with Gasteiger partial charge in [0.1, 0.15) is 11.6 Å². The number of carbonyl (C=O) groups excluding carboxylic acids is 1. The number of ether oxygens (including phenoxy) is 1. The van der Waals surface area contributed by atoms with Gasteiger partial charge in [0, 0.05) is 25.0 Å². The summed E-state index contributed by atoms with van der Waals surface area (Å²) in [5.74, 6) is -0.0896. The highest BCUT2D eigenvalue weighted by Crippen LogP contribution is 2.19. The Morgan fingerprint density at radius 2 is 2.13 bits per heavy atom. The van der Waals surface area contributed by atoms with E-state index in [9.17, 15) is 9.18 Å². The quantitative estimate of drug-likeness (QED) is 0.890. The van der Waals surface area contributed by atoms with Gasteiger partial charge in [-0.2, -0.15) is 0 Å². The van der Waals surface area contributed by atoms with Crippen LogP contribution in [0.3, 0.4) is 0 Å². The largest absolute Gasteiger partial charge is 0.376 e. The Morgan fingerprint density at radius 3 is 2.87 bits per heavy atom. The van der Waals surface area contributed by atoms with Gasteiger partial charge in [0.15, 0.2) is 0 Å². The Morgan fingerprint density at radius 1 is 1.30 bits per heavy atom. The van der Waals surface area contributed by atoms with Gasteiger partial charge in [-0.25, -0.2) is 9.37 Å². The van der Waals surface area contributed by atoms with E-state index in [2.05, 4.69) is 15.6 Å². The van der Waals surface area contributed by atoms with Crippen LogP contribution in [-0.2, 0) is 4.74 Å². The number of amides is 1. The number of hydrogen-bond donors (Lipinski definition) is 2. The monoisotopic (exact) mass is 315 g/mol. The molecule has 1 aromatic heterocycles. The van der Waals surface area contributed by atoms with Crippen molar-refractivity contribution in [2.45, 2.75) is 18.9 Å². The fourth-order valence-corrected chi connectivity index (χ4v) is 2.47. The maximum absolute atomic E-state index is 13.0. The zero-order valence-corrected chi connectivity index (χ0v) is 12.6. The number of aromatic nitrogens is 1. The molecule has 23 heavy (non-hydrogen) atoms. The number of pyridine rings is 1. The van der Waals surface area contributed by atoms with Gasteiger partial charge in [0.25, 0.3) is 5.91 Å². The second kappa shape index (κ2) is 7.19. The second-order valence-corrected chi connectivity index (χ2v) is 5.38. The standard InChI is InChI=1S/C17H18FN3O2/c18-12-5-7-13(8-6-12)21-16-15(4-1-9-19-16)17(22)20-11-14-3-2-10-23-14/h1,4-9,14H,2-3,10-11H2,(H,19,21)(H,20,22)/t14-/m1/s1. The molecule has 2 aromatic rings. The van der Waals surface area contributed by atoms with Crippen molar-refractivity contribution in [1.82, 2.24) is 10.3 Å². The summed E-state index contributed by atoms with van der Waals surface area (Å²) >= 11 is 0. The van der Waals surface area contributed by atoms with Crippen molar-refractivity contribution in [1.29, 1.82) is 0 Å². The summed E-state index contributed by atoms with van der Waals surface area (Å²) in [6.45, 7) is 1.24. The summed E-state index contributed by atoms with van der Waals surface area (Å²) in [5.41, 5.74) is 1.10. The van der Waals surface area contributed by atoms with E-state index >= 15 is 0 Å². The maximum atomic E-state index is 13.0. The number of nitrogens with one attached hydrogen (secondary N) is 2. The zero-order chi connectivity index (χ0) is 16.1. The molecule has 3 rings (SSSR count). The zero-order valence-electron chi connectivity index (χ0n) is 12.6. The third-order valence-electron chi connectivity index (χ3n) is 3.67. The molecule has 120 valence electrons. The Bertz CT molecular complexity index is 670. The molecule has 5 nitrogen and oxygen atoms in total. The molecule has 0 aliphatic carbocycles. The molecule has 2 heterocycles. The van der Waals surface area contributed by atoms with Crippen LogP contribution in [0.25, 0.3) is 0 Å². The highest BCUT2D eigenvalue weighted by molar-refractivity contribution is 5.99. The summed E-state index contributed by atoms with van der Waals surface area (Å²) in [6, 6.07) is 9.29. The normalized spacial score (nSPS) is 17.0. The average Bonchev–Trinajstić information content (AvgIpc) is 3.09. The van der Waals surface area contributed by atoms with Crippen molar-refractivity contribution < 1.29 is 13.9 Å². The van der Waals surface area contributed by atoms with Crippen molar-refractivity contribution in [2.75, 3.05) is 18.5 Å². The van der Waals surface area contributed by atoms with E-state index < -0.39 is 0 Å². The number of halogens is 1. The molecule has 1 fully saturated rings. The molecule has 1 atom stereocenters. The van der Waals surface area contributed by atoms with Crippen molar-refractivity contribution in [2.24, 2.45) is 0 Å². The van der Waals surface area contributed by atoms with E-state index in [0.29, 0.717) is 23.6 Å². The average molecular weight is 315 g/mol. The van der Waals surface area contributed by atoms with Gasteiger partial charge in [-0.05, 0) is 49.2 Å². The minimum atomic E-state index is -0.314. The van der Waals surface area contributed by atoms with Crippen LogP contribution in [0.15, 0.2) is 42.6 Å². The highest BCUT2D eigenvalue weighted by Gasteiger charge is 2.18. The van der Waals surface area contributed by atoms with Crippen LogP contribution in [0.1, 0.15) is 23.2 Å². The summed E-state index contributed by atoms with van der Waals surface area (Å²) in [6.07, 6.45) is 3.69. The number of hydrogen-bond acceptors (Lipinski definition) is 4. The molecule has 1 amide bonds. The van der Waals surface area contributed by atoms with Gasteiger partial charge in [-0.1, -0.05) is 0 Å². The summed E-state index contributed by atoms with van der Waals surface area (Å²) in [7, 11) is 0. The first-order valence-electron chi connectivity index (χ1n) is 7.60. The van der Waals surface area contributed by atoms with Gasteiger partial charge < -0.3 is 15.4 Å². The molecule has 0 bridgehead atoms. The molecule has 0 radical (unpaired) electrons. The molecule has 1 saturated heterocycles. The third-order valence-corrected chi connectivity index (χ3v) is 3.67. The summed E-state index contributed by atoms with van der Waals surface area (Å²) in [5, 5.41) is 5.91. The van der Waals surface area contributed by atoms with Gasteiger partial charge in [0.05, 0.1) is 11.7 Å². The van der Waals surface area contributed by atoms with E-state index in [0.717, 1.165) is 19.4 Å². The minimum absolute atomic E-state index is 0.0872. The fourth-order valence-electron chi connectivity index (χ4n) is 2.47. The summed E-state index contributed by atoms with van der Waals surface area (Å²) < 4.78 is 18.5. The Hall–Kier alpha value is -2.47. The minimum Gasteiger partial charge on any atom is -0.376 e. The van der Waals surface area contributed by atoms with Crippen LogP contribution in [-0.4, -0.2) is 30.1 Å². The molecule has 1 aliphatic rings. The number of rotatable bonds is 5. The first-order chi connectivity index (χ1) is 11.2. The van der Waals surface area contributed by atoms with E-state index in [4.69, 9.17) is 4.74 Å². The van der Waals surface area contributed by atoms with Crippen molar-refractivity contribution in [3.63, 3.8) is 0 Å². The molecule has 0 unspecified atom stereocenters. The number of carbonyl (C=O) groups is 1. The molecule has 0 spiro atoms. The lowest BCUT2D eigenvalue weighted by Crippen LogP contribution is -2.32. The van der Waals surface area contributed by atoms with Crippen LogP contribution >= 0.6 is 0 Å². The lowest BCUT2D eigenvalue weighted by atomic mass is 10.2. The third kappa shape index (κ3) is 4.04. The number of anilines is 2. The molecule has 6 heteroatoms. The molecule has 2 N–H and O–H groups in total. The predicted molar refractivity (Wildman–Crippen MR) is 85.2 cm³/mol. The predicted octanol–water partition coefficient (Wildman–Crippen LogP) is 2.87. The lowest BCUT2D eigenvalue weighted by molar-refractivity contribution is 0.0858. The van der Waals surface area contributed by atoms with Crippen LogP contribution in [0, 0.1) is 5.82 Å². The van der Waals surface area contributed by atoms with E-state index in [-0.39, 0.29) is 17.8 Å². The number of benzene rings is 1. The van der Waals surface area contributed by atoms with Gasteiger partial charge in [-0.3, -0.25) is 4.79 Å². The van der Waals surface area contributed by atoms with Crippen LogP contribution in [0.2, 0.25) is 0 Å². The fraction of sp³-hybridized carbons (Fsp3) is 0.294. The lowest BCUT2D eigenvalue weighted by Gasteiger charge is -2.13. The Kier molecular flexibility index (Phi) is 4.83.